The zero-order valence-corrected chi connectivity index (χ0v) is 15.3. The van der Waals surface area contributed by atoms with Crippen molar-refractivity contribution in [1.29, 1.82) is 0 Å². The number of piperidine rings is 1. The molecule has 1 aliphatic rings. The van der Waals surface area contributed by atoms with Crippen LogP contribution in [0.15, 0.2) is 41.8 Å². The van der Waals surface area contributed by atoms with Crippen LogP contribution >= 0.6 is 11.3 Å². The molecule has 1 atom stereocenters. The van der Waals surface area contributed by atoms with Gasteiger partial charge in [-0.05, 0) is 55.0 Å². The van der Waals surface area contributed by atoms with E-state index >= 15 is 0 Å². The van der Waals surface area contributed by atoms with Gasteiger partial charge < -0.3 is 15.0 Å². The lowest BCUT2D eigenvalue weighted by Gasteiger charge is -2.33. The van der Waals surface area contributed by atoms with Crippen molar-refractivity contribution in [3.05, 3.63) is 52.2 Å². The number of ether oxygens (including phenoxy) is 1. The molecule has 0 aliphatic carbocycles. The Morgan fingerprint density at radius 3 is 2.58 bits per heavy atom. The summed E-state index contributed by atoms with van der Waals surface area (Å²) in [6, 6.07) is 9.74. The highest BCUT2D eigenvalue weighted by Gasteiger charge is 2.33. The van der Waals surface area contributed by atoms with E-state index in [1.165, 1.54) is 18.4 Å². The maximum Gasteiger partial charge on any atom is 0.328 e. The van der Waals surface area contributed by atoms with Crippen molar-refractivity contribution in [3.8, 4) is 0 Å². The van der Waals surface area contributed by atoms with Crippen molar-refractivity contribution in [2.75, 3.05) is 19.0 Å². The first kappa shape index (κ1) is 18.1. The monoisotopic (exact) mass is 372 g/mol. The highest BCUT2D eigenvalue weighted by atomic mass is 32.1. The second-order valence-electron chi connectivity index (χ2n) is 6.04. The number of nitrogens with zero attached hydrogens (tertiary/aromatic N) is 1. The molecule has 0 bridgehead atoms. The molecule has 1 aromatic carbocycles. The van der Waals surface area contributed by atoms with E-state index in [1.807, 2.05) is 11.4 Å². The van der Waals surface area contributed by atoms with Crippen molar-refractivity contribution >= 4 is 34.8 Å². The number of methoxy groups -OCH3 is 1. The van der Waals surface area contributed by atoms with Crippen LogP contribution in [0, 0.1) is 0 Å². The quantitative estimate of drug-likeness (QED) is 0.837. The summed E-state index contributed by atoms with van der Waals surface area (Å²) in [5.41, 5.74) is 1.10. The second kappa shape index (κ2) is 8.14. The van der Waals surface area contributed by atoms with Crippen molar-refractivity contribution in [1.82, 2.24) is 4.90 Å². The molecule has 1 aromatic heterocycles. The number of hydrogen-bond donors (Lipinski definition) is 1. The maximum absolute atomic E-state index is 12.8. The summed E-state index contributed by atoms with van der Waals surface area (Å²) in [5, 5.41) is 4.64. The van der Waals surface area contributed by atoms with E-state index in [4.69, 9.17) is 4.74 Å². The van der Waals surface area contributed by atoms with Crippen LogP contribution in [0.5, 0.6) is 0 Å². The predicted octanol–water partition coefficient (Wildman–Crippen LogP) is 3.17. The summed E-state index contributed by atoms with van der Waals surface area (Å²) in [6.07, 6.45) is 2.39. The first-order valence-electron chi connectivity index (χ1n) is 8.44. The van der Waals surface area contributed by atoms with Gasteiger partial charge in [-0.2, -0.15) is 0 Å². The lowest BCUT2D eigenvalue weighted by atomic mass is 10.0. The minimum atomic E-state index is -0.528. The third-order valence-electron chi connectivity index (χ3n) is 4.37. The van der Waals surface area contributed by atoms with E-state index in [-0.39, 0.29) is 17.8 Å². The zero-order chi connectivity index (χ0) is 18.5. The maximum atomic E-state index is 12.8. The predicted molar refractivity (Wildman–Crippen MR) is 99.4 cm³/mol. The van der Waals surface area contributed by atoms with E-state index in [1.54, 1.807) is 35.2 Å². The van der Waals surface area contributed by atoms with Crippen molar-refractivity contribution < 1.29 is 19.1 Å². The zero-order valence-electron chi connectivity index (χ0n) is 14.4. The lowest BCUT2D eigenvalue weighted by molar-refractivity contribution is -0.147. The van der Waals surface area contributed by atoms with E-state index in [9.17, 15) is 14.4 Å². The van der Waals surface area contributed by atoms with Crippen molar-refractivity contribution in [2.45, 2.75) is 25.3 Å². The van der Waals surface area contributed by atoms with Gasteiger partial charge in [-0.1, -0.05) is 6.07 Å². The number of anilines is 1. The van der Waals surface area contributed by atoms with Crippen LogP contribution in [0.4, 0.5) is 5.69 Å². The van der Waals surface area contributed by atoms with Crippen LogP contribution in [-0.2, 0) is 9.53 Å². The minimum absolute atomic E-state index is 0.180. The van der Waals surface area contributed by atoms with Gasteiger partial charge in [0, 0.05) is 17.8 Å². The van der Waals surface area contributed by atoms with Crippen LogP contribution in [0.2, 0.25) is 0 Å². The number of benzene rings is 1. The van der Waals surface area contributed by atoms with Gasteiger partial charge in [0.25, 0.3) is 11.8 Å². The molecule has 1 unspecified atom stereocenters. The molecule has 136 valence electrons. The van der Waals surface area contributed by atoms with Crippen molar-refractivity contribution in [2.24, 2.45) is 0 Å². The molecule has 2 amide bonds. The van der Waals surface area contributed by atoms with Gasteiger partial charge in [0.05, 0.1) is 12.0 Å². The number of nitrogens with one attached hydrogen (secondary N) is 1. The third-order valence-corrected chi connectivity index (χ3v) is 5.24. The van der Waals surface area contributed by atoms with Crippen LogP contribution in [-0.4, -0.2) is 42.4 Å². The molecule has 0 spiro atoms. The fourth-order valence-corrected chi connectivity index (χ4v) is 3.64. The van der Waals surface area contributed by atoms with E-state index in [0.29, 0.717) is 29.1 Å². The molecule has 1 N–H and O–H groups in total. The molecule has 3 rings (SSSR count). The Kier molecular flexibility index (Phi) is 5.68. The first-order valence-corrected chi connectivity index (χ1v) is 9.32. The fraction of sp³-hybridized carbons (Fsp3) is 0.316. The van der Waals surface area contributed by atoms with Crippen molar-refractivity contribution in [3.63, 3.8) is 0 Å². The molecule has 2 heterocycles. The molecule has 6 nitrogen and oxygen atoms in total. The van der Waals surface area contributed by atoms with E-state index in [0.717, 1.165) is 12.8 Å². The van der Waals surface area contributed by atoms with Crippen LogP contribution < -0.4 is 5.32 Å². The second-order valence-corrected chi connectivity index (χ2v) is 6.99. The van der Waals surface area contributed by atoms with Gasteiger partial charge in [0.1, 0.15) is 6.04 Å². The number of likely N-dealkylation sites (tertiary alicyclic amines) is 1. The lowest BCUT2D eigenvalue weighted by Crippen LogP contribution is -2.48. The normalized spacial score (nSPS) is 16.8. The Balaban J connectivity index is 1.70. The molecule has 1 saturated heterocycles. The number of carbonyl (C=O) groups is 3. The summed E-state index contributed by atoms with van der Waals surface area (Å²) >= 11 is 1.37. The van der Waals surface area contributed by atoms with Gasteiger partial charge in [-0.25, -0.2) is 4.79 Å². The molecular weight excluding hydrogens is 352 g/mol. The third kappa shape index (κ3) is 3.94. The molecule has 7 heteroatoms. The number of amides is 2. The topological polar surface area (TPSA) is 75.7 Å². The standard InChI is InChI=1S/C19H20N2O4S/c1-25-19(24)15-5-2-3-11-21(15)18(23)13-7-9-14(10-8-13)20-17(22)16-6-4-12-26-16/h4,6-10,12,15H,2-3,5,11H2,1H3,(H,20,22). The number of esters is 1. The summed E-state index contributed by atoms with van der Waals surface area (Å²) in [5.74, 6) is -0.755. The number of thiophene rings is 1. The molecular formula is C19H20N2O4S. The Bertz CT molecular complexity index is 786. The first-order chi connectivity index (χ1) is 12.6. The van der Waals surface area contributed by atoms with Crippen LogP contribution in [0.1, 0.15) is 39.3 Å². The summed E-state index contributed by atoms with van der Waals surface area (Å²) in [7, 11) is 1.34. The highest BCUT2D eigenvalue weighted by Crippen LogP contribution is 2.22. The SMILES string of the molecule is COC(=O)C1CCCCN1C(=O)c1ccc(NC(=O)c2cccs2)cc1. The Morgan fingerprint density at radius 1 is 1.15 bits per heavy atom. The number of rotatable bonds is 4. The van der Waals surface area contributed by atoms with Crippen LogP contribution in [0.3, 0.4) is 0 Å². The molecule has 0 saturated carbocycles. The molecule has 26 heavy (non-hydrogen) atoms. The molecule has 0 radical (unpaired) electrons. The molecule has 2 aromatic rings. The molecule has 1 fully saturated rings. The average molecular weight is 372 g/mol. The van der Waals surface area contributed by atoms with E-state index < -0.39 is 6.04 Å². The van der Waals surface area contributed by atoms with E-state index in [2.05, 4.69) is 5.32 Å². The van der Waals surface area contributed by atoms with Gasteiger partial charge in [0.2, 0.25) is 0 Å². The summed E-state index contributed by atoms with van der Waals surface area (Å²) in [6.45, 7) is 0.537. The number of carbonyl (C=O) groups excluding carboxylic acids is 3. The van der Waals surface area contributed by atoms with Crippen LogP contribution in [0.25, 0.3) is 0 Å². The summed E-state index contributed by atoms with van der Waals surface area (Å²) in [4.78, 5) is 39.0. The number of hydrogen-bond acceptors (Lipinski definition) is 5. The Morgan fingerprint density at radius 2 is 1.92 bits per heavy atom. The average Bonchev–Trinajstić information content (AvgIpc) is 3.22. The largest absolute Gasteiger partial charge is 0.467 e. The Labute approximate surface area is 155 Å². The summed E-state index contributed by atoms with van der Waals surface area (Å²) < 4.78 is 4.82. The van der Waals surface area contributed by atoms with Gasteiger partial charge in [-0.15, -0.1) is 11.3 Å². The van der Waals surface area contributed by atoms with Gasteiger partial charge in [0.15, 0.2) is 0 Å². The molecule has 1 aliphatic heterocycles. The smallest absolute Gasteiger partial charge is 0.328 e. The Hall–Kier alpha value is -2.67. The highest BCUT2D eigenvalue weighted by molar-refractivity contribution is 7.12. The minimum Gasteiger partial charge on any atom is -0.467 e. The van der Waals surface area contributed by atoms with Gasteiger partial charge in [-0.3, -0.25) is 9.59 Å². The van der Waals surface area contributed by atoms with Gasteiger partial charge >= 0.3 is 5.97 Å². The fourth-order valence-electron chi connectivity index (χ4n) is 3.02.